The number of hydrogen-bond donors (Lipinski definition) is 3. The van der Waals surface area contributed by atoms with Gasteiger partial charge in [-0.25, -0.2) is 0 Å². The molecule has 0 aromatic rings. The van der Waals surface area contributed by atoms with Gasteiger partial charge in [0.1, 0.15) is 6.10 Å². The number of esters is 1. The van der Waals surface area contributed by atoms with Crippen LogP contribution in [0, 0.1) is 0 Å². The fourth-order valence-corrected chi connectivity index (χ4v) is 8.04. The number of carbonyl (C=O) groups is 2. The molecule has 0 aromatic carbocycles. The number of ether oxygens (including phenoxy) is 1. The van der Waals surface area contributed by atoms with E-state index in [0.717, 1.165) is 96.3 Å². The number of allylic oxidation sites excluding steroid dienone is 14. The molecular weight excluding hydrogens is 815 g/mol. The van der Waals surface area contributed by atoms with Gasteiger partial charge in [0.15, 0.2) is 0 Å². The topological polar surface area (TPSA) is 95.9 Å². The van der Waals surface area contributed by atoms with Crippen LogP contribution in [-0.4, -0.2) is 46.9 Å². The molecule has 0 heterocycles. The van der Waals surface area contributed by atoms with E-state index in [1.165, 1.54) is 116 Å². The Morgan fingerprint density at radius 3 is 1.35 bits per heavy atom. The predicted octanol–water partition coefficient (Wildman–Crippen LogP) is 17.1. The highest BCUT2D eigenvalue weighted by atomic mass is 16.5. The number of hydrogen-bond acceptors (Lipinski definition) is 5. The molecule has 0 radical (unpaired) electrons. The molecule has 6 heteroatoms. The van der Waals surface area contributed by atoms with Crippen LogP contribution in [0.25, 0.3) is 0 Å². The van der Waals surface area contributed by atoms with Gasteiger partial charge in [0.05, 0.1) is 25.2 Å². The Morgan fingerprint density at radius 1 is 0.470 bits per heavy atom. The van der Waals surface area contributed by atoms with Gasteiger partial charge < -0.3 is 20.3 Å². The lowest BCUT2D eigenvalue weighted by atomic mass is 10.0. The van der Waals surface area contributed by atoms with Crippen LogP contribution >= 0.6 is 0 Å². The first-order valence-corrected chi connectivity index (χ1v) is 27.8. The van der Waals surface area contributed by atoms with Crippen LogP contribution in [0.1, 0.15) is 258 Å². The zero-order chi connectivity index (χ0) is 48.1. The summed E-state index contributed by atoms with van der Waals surface area (Å²) in [5.74, 6) is -0.562. The van der Waals surface area contributed by atoms with Crippen molar-refractivity contribution >= 4 is 11.9 Å². The molecule has 3 atom stereocenters. The molecule has 1 amide bonds. The molecule has 0 saturated heterocycles. The first kappa shape index (κ1) is 63.0. The standard InChI is InChI=1S/C60H105NO5/c1-4-7-10-13-16-19-22-25-28-30-31-33-36-39-42-45-48-51-56(66-60(65)53-50-47-44-41-38-35-32-29-26-23-20-17-14-11-8-5-2)54-59(64)61-57(55-62)58(63)52-49-46-43-40-37-34-27-24-21-18-15-12-9-6-3/h7,10,16,19,25,28-29,31-33,35,38-39,42,56-58,62-63H,4-6,8-9,11-15,17-18,20-24,26-27,30,34,36-37,40-41,43-55H2,1-3H3,(H,61,64)/b10-7-,19-16-,28-25-,32-29+,33-31-,38-35+,42-39-. The largest absolute Gasteiger partial charge is 0.462 e. The second-order valence-corrected chi connectivity index (χ2v) is 18.6. The summed E-state index contributed by atoms with van der Waals surface area (Å²) in [6, 6.07) is -0.730. The maximum Gasteiger partial charge on any atom is 0.306 e. The van der Waals surface area contributed by atoms with E-state index in [1.807, 2.05) is 0 Å². The van der Waals surface area contributed by atoms with E-state index in [2.05, 4.69) is 111 Å². The maximum atomic E-state index is 13.2. The Kier molecular flexibility index (Phi) is 50.6. The van der Waals surface area contributed by atoms with Gasteiger partial charge in [-0.3, -0.25) is 9.59 Å². The minimum absolute atomic E-state index is 0.0246. The van der Waals surface area contributed by atoms with Crippen LogP contribution < -0.4 is 5.32 Å². The van der Waals surface area contributed by atoms with E-state index in [4.69, 9.17) is 4.74 Å². The molecule has 0 fully saturated rings. The van der Waals surface area contributed by atoms with Crippen molar-refractivity contribution in [2.24, 2.45) is 0 Å². The third-order valence-electron chi connectivity index (χ3n) is 12.2. The highest BCUT2D eigenvalue weighted by Gasteiger charge is 2.24. The molecule has 0 bridgehead atoms. The Morgan fingerprint density at radius 2 is 0.879 bits per heavy atom. The molecule has 0 aliphatic carbocycles. The molecule has 0 spiro atoms. The molecule has 380 valence electrons. The van der Waals surface area contributed by atoms with Crippen LogP contribution in [0.2, 0.25) is 0 Å². The summed E-state index contributed by atoms with van der Waals surface area (Å²) in [5.41, 5.74) is 0. The molecule has 0 saturated carbocycles. The lowest BCUT2D eigenvalue weighted by Crippen LogP contribution is -2.46. The lowest BCUT2D eigenvalue weighted by molar-refractivity contribution is -0.151. The average molecular weight is 921 g/mol. The second-order valence-electron chi connectivity index (χ2n) is 18.6. The van der Waals surface area contributed by atoms with E-state index in [0.29, 0.717) is 19.3 Å². The fraction of sp³-hybridized carbons (Fsp3) is 0.733. The number of aliphatic hydroxyl groups excluding tert-OH is 2. The summed E-state index contributed by atoms with van der Waals surface area (Å²) >= 11 is 0. The molecule has 0 rings (SSSR count). The Balaban J connectivity index is 4.73. The average Bonchev–Trinajstić information content (AvgIpc) is 3.31. The summed E-state index contributed by atoms with van der Waals surface area (Å²) < 4.78 is 5.91. The van der Waals surface area contributed by atoms with Gasteiger partial charge in [0.25, 0.3) is 0 Å². The zero-order valence-corrected chi connectivity index (χ0v) is 43.3. The van der Waals surface area contributed by atoms with Crippen molar-refractivity contribution in [3.05, 3.63) is 85.1 Å². The van der Waals surface area contributed by atoms with Crippen LogP contribution in [-0.2, 0) is 14.3 Å². The molecule has 3 unspecified atom stereocenters. The van der Waals surface area contributed by atoms with Gasteiger partial charge in [-0.05, 0) is 89.9 Å². The van der Waals surface area contributed by atoms with Crippen molar-refractivity contribution in [3.8, 4) is 0 Å². The predicted molar refractivity (Wildman–Crippen MR) is 287 cm³/mol. The molecular formula is C60H105NO5. The third kappa shape index (κ3) is 47.5. The Hall–Kier alpha value is -2.96. The van der Waals surface area contributed by atoms with E-state index in [1.54, 1.807) is 0 Å². The molecule has 0 aliphatic rings. The van der Waals surface area contributed by atoms with Crippen molar-refractivity contribution in [1.29, 1.82) is 0 Å². The fourth-order valence-electron chi connectivity index (χ4n) is 8.04. The number of carbonyl (C=O) groups excluding carboxylic acids is 2. The first-order chi connectivity index (χ1) is 32.5. The van der Waals surface area contributed by atoms with Crippen LogP contribution in [0.4, 0.5) is 0 Å². The van der Waals surface area contributed by atoms with E-state index in [-0.39, 0.29) is 24.9 Å². The smallest absolute Gasteiger partial charge is 0.306 e. The van der Waals surface area contributed by atoms with Crippen molar-refractivity contribution in [3.63, 3.8) is 0 Å². The van der Waals surface area contributed by atoms with E-state index in [9.17, 15) is 19.8 Å². The number of nitrogens with one attached hydrogen (secondary N) is 1. The van der Waals surface area contributed by atoms with Crippen molar-refractivity contribution in [1.82, 2.24) is 5.32 Å². The van der Waals surface area contributed by atoms with Crippen LogP contribution in [0.3, 0.4) is 0 Å². The number of rotatable bonds is 49. The monoisotopic (exact) mass is 920 g/mol. The highest BCUT2D eigenvalue weighted by Crippen LogP contribution is 2.17. The summed E-state index contributed by atoms with van der Waals surface area (Å²) in [6.07, 6.45) is 69.3. The number of amides is 1. The number of aliphatic hydroxyl groups is 2. The summed E-state index contributed by atoms with van der Waals surface area (Å²) in [6.45, 7) is 6.35. The van der Waals surface area contributed by atoms with Gasteiger partial charge in [-0.2, -0.15) is 0 Å². The third-order valence-corrected chi connectivity index (χ3v) is 12.2. The summed E-state index contributed by atoms with van der Waals surface area (Å²) in [5, 5.41) is 23.8. The first-order valence-electron chi connectivity index (χ1n) is 27.8. The SMILES string of the molecule is CC/C=C\C/C=C\C/C=C\C/C=C\C/C=C\CCCC(CC(=O)NC(CO)C(O)CCCCCCCCCCCCCCCC)OC(=O)CCCCC/C=C/C=C/CCCCCCCCC. The van der Waals surface area contributed by atoms with E-state index >= 15 is 0 Å². The Bertz CT molecular complexity index is 1260. The maximum absolute atomic E-state index is 13.2. The minimum Gasteiger partial charge on any atom is -0.462 e. The minimum atomic E-state index is -0.812. The summed E-state index contributed by atoms with van der Waals surface area (Å²) in [4.78, 5) is 26.2. The van der Waals surface area contributed by atoms with Crippen molar-refractivity contribution in [2.45, 2.75) is 277 Å². The molecule has 0 aromatic heterocycles. The molecule has 0 aliphatic heterocycles. The van der Waals surface area contributed by atoms with Crippen LogP contribution in [0.15, 0.2) is 85.1 Å². The van der Waals surface area contributed by atoms with Gasteiger partial charge in [0, 0.05) is 6.42 Å². The van der Waals surface area contributed by atoms with Gasteiger partial charge in [0.2, 0.25) is 5.91 Å². The summed E-state index contributed by atoms with van der Waals surface area (Å²) in [7, 11) is 0. The second kappa shape index (κ2) is 53.0. The number of unbranched alkanes of at least 4 members (excludes halogenated alkanes) is 24. The van der Waals surface area contributed by atoms with Crippen molar-refractivity contribution in [2.75, 3.05) is 6.61 Å². The molecule has 6 nitrogen and oxygen atoms in total. The Labute approximate surface area is 408 Å². The molecule has 66 heavy (non-hydrogen) atoms. The van der Waals surface area contributed by atoms with Crippen LogP contribution in [0.5, 0.6) is 0 Å². The normalized spacial score (nSPS) is 13.8. The quantitative estimate of drug-likeness (QED) is 0.0245. The van der Waals surface area contributed by atoms with Gasteiger partial charge >= 0.3 is 5.97 Å². The van der Waals surface area contributed by atoms with Gasteiger partial charge in [-0.1, -0.05) is 241 Å². The van der Waals surface area contributed by atoms with Crippen molar-refractivity contribution < 1.29 is 24.5 Å². The molecule has 3 N–H and O–H groups in total. The lowest BCUT2D eigenvalue weighted by Gasteiger charge is -2.24. The highest BCUT2D eigenvalue weighted by molar-refractivity contribution is 5.77. The van der Waals surface area contributed by atoms with E-state index < -0.39 is 18.2 Å². The zero-order valence-electron chi connectivity index (χ0n) is 43.3. The van der Waals surface area contributed by atoms with Gasteiger partial charge in [-0.15, -0.1) is 0 Å².